The van der Waals surface area contributed by atoms with Crippen molar-refractivity contribution in [1.82, 2.24) is 5.32 Å². The van der Waals surface area contributed by atoms with E-state index in [2.05, 4.69) is 37.4 Å². The van der Waals surface area contributed by atoms with Crippen molar-refractivity contribution in [3.05, 3.63) is 29.8 Å². The van der Waals surface area contributed by atoms with Crippen LogP contribution in [0.25, 0.3) is 0 Å². The van der Waals surface area contributed by atoms with Crippen molar-refractivity contribution in [3.8, 4) is 5.75 Å². The molecule has 0 aliphatic heterocycles. The second kappa shape index (κ2) is 6.06. The van der Waals surface area contributed by atoms with E-state index >= 15 is 0 Å². The van der Waals surface area contributed by atoms with Crippen LogP contribution in [0.15, 0.2) is 24.3 Å². The van der Waals surface area contributed by atoms with E-state index in [-0.39, 0.29) is 0 Å². The van der Waals surface area contributed by atoms with Gasteiger partial charge in [-0.25, -0.2) is 0 Å². The molecule has 0 bridgehead atoms. The van der Waals surface area contributed by atoms with Gasteiger partial charge in [0.2, 0.25) is 0 Å². The van der Waals surface area contributed by atoms with E-state index in [9.17, 15) is 0 Å². The van der Waals surface area contributed by atoms with Gasteiger partial charge in [0.1, 0.15) is 5.75 Å². The van der Waals surface area contributed by atoms with Crippen LogP contribution in [-0.4, -0.2) is 12.6 Å². The first-order valence-electron chi connectivity index (χ1n) is 6.70. The predicted molar refractivity (Wildman–Crippen MR) is 71.3 cm³/mol. The fraction of sp³-hybridized carbons (Fsp3) is 0.600. The average Bonchev–Trinajstić information content (AvgIpc) is 3.12. The maximum Gasteiger partial charge on any atom is 0.123 e. The highest BCUT2D eigenvalue weighted by Crippen LogP contribution is 2.32. The van der Waals surface area contributed by atoms with E-state index < -0.39 is 0 Å². The zero-order chi connectivity index (χ0) is 12.1. The molecule has 0 heterocycles. The van der Waals surface area contributed by atoms with Crippen LogP contribution in [0, 0.1) is 5.92 Å². The molecule has 0 amide bonds. The molecule has 2 nitrogen and oxygen atoms in total. The predicted octanol–water partition coefficient (Wildman–Crippen LogP) is 3.36. The van der Waals surface area contributed by atoms with Crippen molar-refractivity contribution in [2.75, 3.05) is 6.61 Å². The summed E-state index contributed by atoms with van der Waals surface area (Å²) in [4.78, 5) is 0. The normalized spacial score (nSPS) is 15.2. The summed E-state index contributed by atoms with van der Waals surface area (Å²) in [6.45, 7) is 6.08. The molecule has 1 fully saturated rings. The number of hydrogen-bond acceptors (Lipinski definition) is 2. The van der Waals surface area contributed by atoms with Crippen molar-refractivity contribution < 1.29 is 4.74 Å². The van der Waals surface area contributed by atoms with Gasteiger partial charge < -0.3 is 10.1 Å². The maximum atomic E-state index is 5.88. The summed E-state index contributed by atoms with van der Waals surface area (Å²) >= 11 is 0. The van der Waals surface area contributed by atoms with Gasteiger partial charge in [0.05, 0.1) is 6.61 Å². The Morgan fingerprint density at radius 3 is 2.76 bits per heavy atom. The molecule has 0 atom stereocenters. The highest BCUT2D eigenvalue weighted by Gasteiger charge is 2.20. The average molecular weight is 233 g/mol. The highest BCUT2D eigenvalue weighted by atomic mass is 16.5. The van der Waals surface area contributed by atoms with E-state index in [0.717, 1.165) is 24.8 Å². The van der Waals surface area contributed by atoms with Crippen LogP contribution in [0.4, 0.5) is 0 Å². The SMILES string of the molecule is CC(C)NCc1ccccc1OCCC1CC1. The van der Waals surface area contributed by atoms with Gasteiger partial charge in [-0.1, -0.05) is 44.9 Å². The molecule has 2 heteroatoms. The van der Waals surface area contributed by atoms with Gasteiger partial charge in [-0.3, -0.25) is 0 Å². The summed E-state index contributed by atoms with van der Waals surface area (Å²) in [5, 5.41) is 3.43. The Morgan fingerprint density at radius 2 is 2.06 bits per heavy atom. The van der Waals surface area contributed by atoms with Crippen molar-refractivity contribution in [2.24, 2.45) is 5.92 Å². The molecule has 0 spiro atoms. The number of rotatable bonds is 7. The fourth-order valence-corrected chi connectivity index (χ4v) is 1.85. The molecular formula is C15H23NO. The van der Waals surface area contributed by atoms with Gasteiger partial charge in [0.15, 0.2) is 0 Å². The van der Waals surface area contributed by atoms with Crippen LogP contribution in [0.2, 0.25) is 0 Å². The molecule has 1 saturated carbocycles. The fourth-order valence-electron chi connectivity index (χ4n) is 1.85. The third kappa shape index (κ3) is 4.39. The Balaban J connectivity index is 1.84. The molecule has 17 heavy (non-hydrogen) atoms. The van der Waals surface area contributed by atoms with Crippen molar-refractivity contribution >= 4 is 0 Å². The minimum Gasteiger partial charge on any atom is -0.493 e. The van der Waals surface area contributed by atoms with Crippen LogP contribution < -0.4 is 10.1 Å². The Morgan fingerprint density at radius 1 is 1.29 bits per heavy atom. The molecule has 1 aromatic carbocycles. The molecule has 0 unspecified atom stereocenters. The van der Waals surface area contributed by atoms with Crippen LogP contribution in [0.3, 0.4) is 0 Å². The van der Waals surface area contributed by atoms with Gasteiger partial charge >= 0.3 is 0 Å². The van der Waals surface area contributed by atoms with Crippen LogP contribution in [0.1, 0.15) is 38.7 Å². The van der Waals surface area contributed by atoms with Crippen molar-refractivity contribution in [3.63, 3.8) is 0 Å². The Bertz CT molecular complexity index is 345. The molecular weight excluding hydrogens is 210 g/mol. The number of hydrogen-bond donors (Lipinski definition) is 1. The standard InChI is InChI=1S/C15H23NO/c1-12(2)16-11-14-5-3-4-6-15(14)17-10-9-13-7-8-13/h3-6,12-13,16H,7-11H2,1-2H3. The third-order valence-corrected chi connectivity index (χ3v) is 3.15. The zero-order valence-corrected chi connectivity index (χ0v) is 10.9. The lowest BCUT2D eigenvalue weighted by molar-refractivity contribution is 0.298. The Hall–Kier alpha value is -1.02. The van der Waals surface area contributed by atoms with E-state index in [1.807, 2.05) is 6.07 Å². The molecule has 94 valence electrons. The lowest BCUT2D eigenvalue weighted by Gasteiger charge is -2.13. The van der Waals surface area contributed by atoms with E-state index in [0.29, 0.717) is 6.04 Å². The number of para-hydroxylation sites is 1. The lowest BCUT2D eigenvalue weighted by Crippen LogP contribution is -2.22. The first-order chi connectivity index (χ1) is 8.25. The van der Waals surface area contributed by atoms with E-state index in [1.54, 1.807) is 0 Å². The summed E-state index contributed by atoms with van der Waals surface area (Å²) in [5.74, 6) is 1.98. The third-order valence-electron chi connectivity index (χ3n) is 3.15. The highest BCUT2D eigenvalue weighted by molar-refractivity contribution is 5.33. The van der Waals surface area contributed by atoms with Crippen LogP contribution in [0.5, 0.6) is 5.75 Å². The van der Waals surface area contributed by atoms with Crippen molar-refractivity contribution in [2.45, 2.75) is 45.7 Å². The molecule has 0 aromatic heterocycles. The summed E-state index contributed by atoms with van der Waals surface area (Å²) < 4.78 is 5.88. The van der Waals surface area contributed by atoms with Gasteiger partial charge in [0.25, 0.3) is 0 Å². The Labute approximate surface area is 104 Å². The largest absolute Gasteiger partial charge is 0.493 e. The van der Waals surface area contributed by atoms with Gasteiger partial charge in [-0.2, -0.15) is 0 Å². The summed E-state index contributed by atoms with van der Waals surface area (Å²) in [6, 6.07) is 8.84. The molecule has 1 aromatic rings. The number of ether oxygens (including phenoxy) is 1. The van der Waals surface area contributed by atoms with Crippen molar-refractivity contribution in [1.29, 1.82) is 0 Å². The summed E-state index contributed by atoms with van der Waals surface area (Å²) in [6.07, 6.45) is 4.02. The number of benzene rings is 1. The maximum absolute atomic E-state index is 5.88. The smallest absolute Gasteiger partial charge is 0.123 e. The monoisotopic (exact) mass is 233 g/mol. The first-order valence-corrected chi connectivity index (χ1v) is 6.70. The number of nitrogens with one attached hydrogen (secondary N) is 1. The second-order valence-corrected chi connectivity index (χ2v) is 5.22. The summed E-state index contributed by atoms with van der Waals surface area (Å²) in [5.41, 5.74) is 1.26. The van der Waals surface area contributed by atoms with Gasteiger partial charge in [-0.05, 0) is 18.4 Å². The molecule has 0 saturated heterocycles. The van der Waals surface area contributed by atoms with Gasteiger partial charge in [0, 0.05) is 18.2 Å². The minimum absolute atomic E-state index is 0.509. The molecule has 1 N–H and O–H groups in total. The molecule has 1 aliphatic carbocycles. The first kappa shape index (κ1) is 12.4. The molecule has 1 aliphatic rings. The molecule has 2 rings (SSSR count). The summed E-state index contributed by atoms with van der Waals surface area (Å²) in [7, 11) is 0. The topological polar surface area (TPSA) is 21.3 Å². The zero-order valence-electron chi connectivity index (χ0n) is 10.9. The van der Waals surface area contributed by atoms with Crippen LogP contribution >= 0.6 is 0 Å². The van der Waals surface area contributed by atoms with E-state index in [1.165, 1.54) is 24.8 Å². The quantitative estimate of drug-likeness (QED) is 0.779. The van der Waals surface area contributed by atoms with Gasteiger partial charge in [-0.15, -0.1) is 0 Å². The minimum atomic E-state index is 0.509. The molecule has 0 radical (unpaired) electrons. The van der Waals surface area contributed by atoms with Crippen LogP contribution in [-0.2, 0) is 6.54 Å². The van der Waals surface area contributed by atoms with E-state index in [4.69, 9.17) is 4.74 Å². The second-order valence-electron chi connectivity index (χ2n) is 5.22. The Kier molecular flexibility index (Phi) is 4.43. The lowest BCUT2D eigenvalue weighted by atomic mass is 10.2.